The number of hydrogen-bond donors (Lipinski definition) is 1. The van der Waals surface area contributed by atoms with Crippen molar-refractivity contribution in [2.75, 3.05) is 11.9 Å². The minimum absolute atomic E-state index is 0.173. The highest BCUT2D eigenvalue weighted by atomic mass is 35.5. The summed E-state index contributed by atoms with van der Waals surface area (Å²) in [6.45, 7) is 1.08. The summed E-state index contributed by atoms with van der Waals surface area (Å²) < 4.78 is 5.34. The summed E-state index contributed by atoms with van der Waals surface area (Å²) in [7, 11) is 0. The zero-order valence-electron chi connectivity index (χ0n) is 11.5. The molecular formula is C17H16ClNO2. The monoisotopic (exact) mass is 301 g/mol. The molecule has 0 aliphatic carbocycles. The third-order valence-corrected chi connectivity index (χ3v) is 3.92. The van der Waals surface area contributed by atoms with Gasteiger partial charge in [-0.2, -0.15) is 0 Å². The molecule has 4 heteroatoms. The van der Waals surface area contributed by atoms with E-state index in [0.29, 0.717) is 11.4 Å². The molecule has 0 spiro atoms. The number of carbonyl (C=O) groups is 1. The van der Waals surface area contributed by atoms with E-state index in [1.807, 2.05) is 30.3 Å². The highest BCUT2D eigenvalue weighted by molar-refractivity contribution is 6.30. The first-order valence-electron chi connectivity index (χ1n) is 6.95. The van der Waals surface area contributed by atoms with Crippen LogP contribution in [-0.2, 0) is 16.1 Å². The molecule has 0 bridgehead atoms. The quantitative estimate of drug-likeness (QED) is 0.868. The molecule has 1 heterocycles. The predicted molar refractivity (Wildman–Crippen MR) is 83.5 cm³/mol. The summed E-state index contributed by atoms with van der Waals surface area (Å²) in [5.74, 6) is 0.0207. The molecule has 3 rings (SSSR count). The number of ether oxygens (including phenoxy) is 1. The lowest BCUT2D eigenvalue weighted by Gasteiger charge is -2.10. The van der Waals surface area contributed by atoms with Crippen molar-refractivity contribution >= 4 is 23.3 Å². The van der Waals surface area contributed by atoms with E-state index in [1.54, 1.807) is 12.1 Å². The number of para-hydroxylation sites is 1. The van der Waals surface area contributed by atoms with Crippen molar-refractivity contribution in [3.05, 3.63) is 64.7 Å². The fourth-order valence-corrected chi connectivity index (χ4v) is 2.67. The average molecular weight is 302 g/mol. The third kappa shape index (κ3) is 3.37. The highest BCUT2D eigenvalue weighted by Gasteiger charge is 2.24. The number of anilines is 1. The first-order valence-corrected chi connectivity index (χ1v) is 7.33. The molecule has 108 valence electrons. The summed E-state index contributed by atoms with van der Waals surface area (Å²) in [6.07, 6.45) is 0.400. The van der Waals surface area contributed by atoms with Crippen molar-refractivity contribution in [1.82, 2.24) is 0 Å². The van der Waals surface area contributed by atoms with Crippen LogP contribution >= 0.6 is 11.6 Å². The van der Waals surface area contributed by atoms with E-state index in [2.05, 4.69) is 11.4 Å². The lowest BCUT2D eigenvalue weighted by atomic mass is 9.98. The van der Waals surface area contributed by atoms with E-state index in [9.17, 15) is 4.79 Å². The van der Waals surface area contributed by atoms with Gasteiger partial charge in [0.25, 0.3) is 0 Å². The first-order chi connectivity index (χ1) is 10.2. The fraction of sp³-hybridized carbons (Fsp3) is 0.235. The van der Waals surface area contributed by atoms with Crippen LogP contribution in [0, 0.1) is 0 Å². The zero-order chi connectivity index (χ0) is 14.7. The smallest absolute Gasteiger partial charge is 0.306 e. The topological polar surface area (TPSA) is 38.3 Å². The van der Waals surface area contributed by atoms with Crippen molar-refractivity contribution in [1.29, 1.82) is 0 Å². The van der Waals surface area contributed by atoms with Crippen LogP contribution in [0.4, 0.5) is 5.69 Å². The second kappa shape index (κ2) is 6.19. The highest BCUT2D eigenvalue weighted by Crippen LogP contribution is 2.33. The number of halogens is 1. The van der Waals surface area contributed by atoms with Gasteiger partial charge in [-0.25, -0.2) is 0 Å². The maximum absolute atomic E-state index is 12.0. The SMILES string of the molecule is O=C(CC1CNc2ccccc21)OCc1ccc(Cl)cc1. The van der Waals surface area contributed by atoms with Crippen LogP contribution in [0.3, 0.4) is 0 Å². The molecule has 2 aromatic rings. The van der Waals surface area contributed by atoms with Gasteiger partial charge in [0.2, 0.25) is 0 Å². The average Bonchev–Trinajstić information content (AvgIpc) is 2.90. The first kappa shape index (κ1) is 14.0. The molecule has 1 unspecified atom stereocenters. The summed E-state index contributed by atoms with van der Waals surface area (Å²) in [4.78, 5) is 12.0. The van der Waals surface area contributed by atoms with E-state index >= 15 is 0 Å². The molecule has 0 saturated carbocycles. The van der Waals surface area contributed by atoms with E-state index in [1.165, 1.54) is 5.56 Å². The largest absolute Gasteiger partial charge is 0.461 e. The van der Waals surface area contributed by atoms with Gasteiger partial charge in [0.15, 0.2) is 0 Å². The molecule has 21 heavy (non-hydrogen) atoms. The molecule has 0 saturated heterocycles. The van der Waals surface area contributed by atoms with E-state index in [4.69, 9.17) is 16.3 Å². The summed E-state index contributed by atoms with van der Waals surface area (Å²) in [5.41, 5.74) is 3.26. The number of rotatable bonds is 4. The fourth-order valence-electron chi connectivity index (χ4n) is 2.54. The summed E-state index contributed by atoms with van der Waals surface area (Å²) in [6, 6.07) is 15.4. The Morgan fingerprint density at radius 2 is 1.95 bits per heavy atom. The molecule has 0 radical (unpaired) electrons. The van der Waals surface area contributed by atoms with Gasteiger partial charge in [0, 0.05) is 23.2 Å². The Bertz CT molecular complexity index is 639. The molecule has 1 atom stereocenters. The van der Waals surface area contributed by atoms with Crippen LogP contribution in [0.15, 0.2) is 48.5 Å². The minimum atomic E-state index is -0.173. The number of hydrogen-bond acceptors (Lipinski definition) is 3. The van der Waals surface area contributed by atoms with Gasteiger partial charge in [-0.1, -0.05) is 41.9 Å². The summed E-state index contributed by atoms with van der Waals surface area (Å²) >= 11 is 5.82. The van der Waals surface area contributed by atoms with Crippen LogP contribution < -0.4 is 5.32 Å². The van der Waals surface area contributed by atoms with Crippen molar-refractivity contribution in [2.45, 2.75) is 18.9 Å². The molecule has 1 aliphatic rings. The molecule has 1 N–H and O–H groups in total. The third-order valence-electron chi connectivity index (χ3n) is 3.67. The Morgan fingerprint density at radius 1 is 1.19 bits per heavy atom. The van der Waals surface area contributed by atoms with Crippen molar-refractivity contribution in [3.8, 4) is 0 Å². The molecular weight excluding hydrogens is 286 g/mol. The standard InChI is InChI=1S/C17H16ClNO2/c18-14-7-5-12(6-8-14)11-21-17(20)9-13-10-19-16-4-2-1-3-15(13)16/h1-8,13,19H,9-11H2. The number of esters is 1. The number of fused-ring (bicyclic) bond motifs is 1. The normalized spacial score (nSPS) is 16.1. The maximum Gasteiger partial charge on any atom is 0.306 e. The number of benzene rings is 2. The molecule has 2 aromatic carbocycles. The van der Waals surface area contributed by atoms with Crippen LogP contribution in [0.1, 0.15) is 23.5 Å². The van der Waals surface area contributed by atoms with Crippen molar-refractivity contribution < 1.29 is 9.53 Å². The Morgan fingerprint density at radius 3 is 2.76 bits per heavy atom. The van der Waals surface area contributed by atoms with Gasteiger partial charge < -0.3 is 10.1 Å². The Kier molecular flexibility index (Phi) is 4.11. The Balaban J connectivity index is 1.54. The zero-order valence-corrected chi connectivity index (χ0v) is 12.3. The lowest BCUT2D eigenvalue weighted by Crippen LogP contribution is -2.12. The maximum atomic E-state index is 12.0. The van der Waals surface area contributed by atoms with Gasteiger partial charge >= 0.3 is 5.97 Å². The predicted octanol–water partition coefficient (Wildman–Crippen LogP) is 3.98. The van der Waals surface area contributed by atoms with Gasteiger partial charge in [-0.3, -0.25) is 4.79 Å². The molecule has 0 aromatic heterocycles. The lowest BCUT2D eigenvalue weighted by molar-refractivity contribution is -0.145. The molecule has 1 aliphatic heterocycles. The molecule has 0 amide bonds. The minimum Gasteiger partial charge on any atom is -0.461 e. The van der Waals surface area contributed by atoms with Gasteiger partial charge in [0.05, 0.1) is 6.42 Å². The van der Waals surface area contributed by atoms with Crippen LogP contribution in [0.25, 0.3) is 0 Å². The number of carbonyl (C=O) groups excluding carboxylic acids is 1. The van der Waals surface area contributed by atoms with E-state index in [0.717, 1.165) is 17.8 Å². The second-order valence-electron chi connectivity index (χ2n) is 5.16. The van der Waals surface area contributed by atoms with E-state index < -0.39 is 0 Å². The Hall–Kier alpha value is -2.00. The van der Waals surface area contributed by atoms with Crippen LogP contribution in [0.2, 0.25) is 5.02 Å². The molecule has 3 nitrogen and oxygen atoms in total. The number of nitrogens with one attached hydrogen (secondary N) is 1. The van der Waals surface area contributed by atoms with Crippen LogP contribution in [0.5, 0.6) is 0 Å². The van der Waals surface area contributed by atoms with E-state index in [-0.39, 0.29) is 18.5 Å². The second-order valence-corrected chi connectivity index (χ2v) is 5.59. The van der Waals surface area contributed by atoms with Crippen molar-refractivity contribution in [3.63, 3.8) is 0 Å². The summed E-state index contributed by atoms with van der Waals surface area (Å²) in [5, 5.41) is 3.99. The molecule has 0 fully saturated rings. The van der Waals surface area contributed by atoms with Gasteiger partial charge in [0.1, 0.15) is 6.61 Å². The Labute approximate surface area is 128 Å². The van der Waals surface area contributed by atoms with Gasteiger partial charge in [-0.15, -0.1) is 0 Å². The van der Waals surface area contributed by atoms with Crippen molar-refractivity contribution in [2.24, 2.45) is 0 Å². The van der Waals surface area contributed by atoms with Crippen LogP contribution in [-0.4, -0.2) is 12.5 Å². The van der Waals surface area contributed by atoms with Gasteiger partial charge in [-0.05, 0) is 29.3 Å².